The molecule has 1 aliphatic rings. The summed E-state index contributed by atoms with van der Waals surface area (Å²) in [5.74, 6) is 0. The minimum atomic E-state index is -0.283. The minimum Gasteiger partial charge on any atom is -0.334 e. The molecule has 0 radical (unpaired) electrons. The molecule has 3 heteroatoms. The Morgan fingerprint density at radius 2 is 1.21 bits per heavy atom. The number of nitrogens with zero attached hydrogens (tertiary/aromatic N) is 2. The fraction of sp³-hybridized carbons (Fsp3) is 0.0769. The molecule has 0 aliphatic carbocycles. The lowest BCUT2D eigenvalue weighted by Crippen LogP contribution is -2.55. The number of rotatable bonds is 3. The Kier molecular flexibility index (Phi) is 4.51. The van der Waals surface area contributed by atoms with Gasteiger partial charge in [-0.05, 0) is 53.1 Å². The standard InChI is InChI=1S/C26H23N3/c27-26-28(23-12-6-2-7-13-23)19-22-18-21(20-10-4-1-5-11-20)16-17-25(22)29(26)24-14-8-3-9-15-24/h1-18,26H,19,27H2. The van der Waals surface area contributed by atoms with Crippen molar-refractivity contribution in [3.05, 3.63) is 115 Å². The van der Waals surface area contributed by atoms with Crippen LogP contribution in [0.5, 0.6) is 0 Å². The molecule has 0 saturated heterocycles. The Hall–Kier alpha value is -3.56. The van der Waals surface area contributed by atoms with Crippen molar-refractivity contribution >= 4 is 17.1 Å². The second kappa shape index (κ2) is 7.46. The highest BCUT2D eigenvalue weighted by Crippen LogP contribution is 2.39. The quantitative estimate of drug-likeness (QED) is 0.493. The lowest BCUT2D eigenvalue weighted by Gasteiger charge is -2.45. The molecule has 1 atom stereocenters. The number of fused-ring (bicyclic) bond motifs is 1. The molecule has 0 saturated carbocycles. The summed E-state index contributed by atoms with van der Waals surface area (Å²) >= 11 is 0. The Morgan fingerprint density at radius 1 is 0.621 bits per heavy atom. The van der Waals surface area contributed by atoms with Gasteiger partial charge in [0.1, 0.15) is 0 Å². The molecule has 29 heavy (non-hydrogen) atoms. The molecule has 142 valence electrons. The van der Waals surface area contributed by atoms with Crippen molar-refractivity contribution in [3.63, 3.8) is 0 Å². The molecule has 0 amide bonds. The van der Waals surface area contributed by atoms with Crippen LogP contribution in [0.4, 0.5) is 17.1 Å². The highest BCUT2D eigenvalue weighted by molar-refractivity contribution is 5.76. The molecule has 4 aromatic carbocycles. The van der Waals surface area contributed by atoms with Gasteiger partial charge in [0, 0.05) is 23.6 Å². The van der Waals surface area contributed by atoms with E-state index in [4.69, 9.17) is 5.73 Å². The summed E-state index contributed by atoms with van der Waals surface area (Å²) in [6.45, 7) is 0.768. The molecule has 1 aliphatic heterocycles. The van der Waals surface area contributed by atoms with Crippen LogP contribution in [-0.2, 0) is 6.54 Å². The van der Waals surface area contributed by atoms with Crippen LogP contribution < -0.4 is 15.5 Å². The van der Waals surface area contributed by atoms with Gasteiger partial charge in [0.25, 0.3) is 0 Å². The number of anilines is 3. The van der Waals surface area contributed by atoms with E-state index in [9.17, 15) is 0 Å². The van der Waals surface area contributed by atoms with Crippen molar-refractivity contribution in [1.29, 1.82) is 0 Å². The minimum absolute atomic E-state index is 0.283. The van der Waals surface area contributed by atoms with Crippen molar-refractivity contribution in [1.82, 2.24) is 0 Å². The van der Waals surface area contributed by atoms with Gasteiger partial charge in [-0.1, -0.05) is 72.8 Å². The first-order valence-electron chi connectivity index (χ1n) is 9.91. The number of benzene rings is 4. The van der Waals surface area contributed by atoms with Gasteiger partial charge in [-0.3, -0.25) is 5.73 Å². The third kappa shape index (κ3) is 3.26. The monoisotopic (exact) mass is 377 g/mol. The van der Waals surface area contributed by atoms with E-state index in [2.05, 4.69) is 107 Å². The van der Waals surface area contributed by atoms with Gasteiger partial charge in [0.15, 0.2) is 6.29 Å². The molecule has 0 spiro atoms. The molecule has 3 nitrogen and oxygen atoms in total. The van der Waals surface area contributed by atoms with Crippen molar-refractivity contribution in [3.8, 4) is 11.1 Å². The predicted molar refractivity (Wildman–Crippen MR) is 121 cm³/mol. The average molecular weight is 377 g/mol. The number of para-hydroxylation sites is 2. The van der Waals surface area contributed by atoms with E-state index in [1.54, 1.807) is 0 Å². The SMILES string of the molecule is NC1N(c2ccccc2)Cc2cc(-c3ccccc3)ccc2N1c1ccccc1. The lowest BCUT2D eigenvalue weighted by atomic mass is 9.99. The maximum Gasteiger partial charge on any atom is 0.160 e. The lowest BCUT2D eigenvalue weighted by molar-refractivity contribution is 0.589. The molecular formula is C26H23N3. The second-order valence-corrected chi connectivity index (χ2v) is 7.29. The predicted octanol–water partition coefficient (Wildman–Crippen LogP) is 5.75. The molecule has 0 aromatic heterocycles. The normalized spacial score (nSPS) is 15.8. The highest BCUT2D eigenvalue weighted by atomic mass is 15.4. The van der Waals surface area contributed by atoms with Gasteiger partial charge in [0.2, 0.25) is 0 Å². The van der Waals surface area contributed by atoms with Gasteiger partial charge in [-0.25, -0.2) is 0 Å². The van der Waals surface area contributed by atoms with E-state index in [-0.39, 0.29) is 6.29 Å². The van der Waals surface area contributed by atoms with Crippen LogP contribution >= 0.6 is 0 Å². The first kappa shape index (κ1) is 17.5. The molecule has 1 heterocycles. The van der Waals surface area contributed by atoms with Crippen molar-refractivity contribution in [2.75, 3.05) is 9.80 Å². The Labute approximate surface area is 171 Å². The van der Waals surface area contributed by atoms with Crippen LogP contribution in [-0.4, -0.2) is 6.29 Å². The largest absolute Gasteiger partial charge is 0.334 e. The number of hydrogen-bond acceptors (Lipinski definition) is 3. The summed E-state index contributed by atoms with van der Waals surface area (Å²) in [7, 11) is 0. The molecule has 0 bridgehead atoms. The zero-order chi connectivity index (χ0) is 19.6. The Bertz CT molecular complexity index is 1090. The number of nitrogens with two attached hydrogens (primary N) is 1. The van der Waals surface area contributed by atoms with E-state index >= 15 is 0 Å². The maximum atomic E-state index is 6.80. The Balaban J connectivity index is 1.64. The van der Waals surface area contributed by atoms with Crippen LogP contribution in [0.2, 0.25) is 0 Å². The van der Waals surface area contributed by atoms with Crippen LogP contribution in [0, 0.1) is 0 Å². The third-order valence-corrected chi connectivity index (χ3v) is 5.49. The first-order chi connectivity index (χ1) is 14.3. The van der Waals surface area contributed by atoms with E-state index in [1.807, 2.05) is 12.1 Å². The van der Waals surface area contributed by atoms with E-state index in [0.717, 1.165) is 23.6 Å². The van der Waals surface area contributed by atoms with E-state index < -0.39 is 0 Å². The van der Waals surface area contributed by atoms with Crippen LogP contribution in [0.3, 0.4) is 0 Å². The summed E-state index contributed by atoms with van der Waals surface area (Å²) in [4.78, 5) is 4.48. The molecule has 1 unspecified atom stereocenters. The molecule has 2 N–H and O–H groups in total. The first-order valence-corrected chi connectivity index (χ1v) is 9.91. The van der Waals surface area contributed by atoms with Crippen LogP contribution in [0.15, 0.2) is 109 Å². The van der Waals surface area contributed by atoms with Gasteiger partial charge in [-0.2, -0.15) is 0 Å². The molecule has 4 aromatic rings. The number of hydrogen-bond donors (Lipinski definition) is 1. The van der Waals surface area contributed by atoms with Crippen molar-refractivity contribution in [2.24, 2.45) is 5.73 Å². The van der Waals surface area contributed by atoms with Gasteiger partial charge >= 0.3 is 0 Å². The molecular weight excluding hydrogens is 354 g/mol. The summed E-state index contributed by atoms with van der Waals surface area (Å²) in [5.41, 5.74) is 13.9. The summed E-state index contributed by atoms with van der Waals surface area (Å²) in [5, 5.41) is 0. The summed E-state index contributed by atoms with van der Waals surface area (Å²) in [6, 6.07) is 38.0. The Morgan fingerprint density at radius 3 is 1.86 bits per heavy atom. The second-order valence-electron chi connectivity index (χ2n) is 7.29. The fourth-order valence-electron chi connectivity index (χ4n) is 4.06. The van der Waals surface area contributed by atoms with E-state index in [0.29, 0.717) is 0 Å². The highest BCUT2D eigenvalue weighted by Gasteiger charge is 2.31. The van der Waals surface area contributed by atoms with Gasteiger partial charge < -0.3 is 9.80 Å². The molecule has 5 rings (SSSR count). The molecule has 0 fully saturated rings. The van der Waals surface area contributed by atoms with E-state index in [1.165, 1.54) is 16.7 Å². The van der Waals surface area contributed by atoms with Crippen molar-refractivity contribution < 1.29 is 0 Å². The summed E-state index contributed by atoms with van der Waals surface area (Å²) < 4.78 is 0. The summed E-state index contributed by atoms with van der Waals surface area (Å²) in [6.07, 6.45) is -0.283. The van der Waals surface area contributed by atoms with Crippen LogP contribution in [0.25, 0.3) is 11.1 Å². The topological polar surface area (TPSA) is 32.5 Å². The maximum absolute atomic E-state index is 6.80. The van der Waals surface area contributed by atoms with Crippen LogP contribution in [0.1, 0.15) is 5.56 Å². The van der Waals surface area contributed by atoms with Gasteiger partial charge in [-0.15, -0.1) is 0 Å². The zero-order valence-electron chi connectivity index (χ0n) is 16.1. The zero-order valence-corrected chi connectivity index (χ0v) is 16.1. The smallest absolute Gasteiger partial charge is 0.160 e. The van der Waals surface area contributed by atoms with Crippen molar-refractivity contribution in [2.45, 2.75) is 12.8 Å². The third-order valence-electron chi connectivity index (χ3n) is 5.49. The fourth-order valence-corrected chi connectivity index (χ4v) is 4.06. The average Bonchev–Trinajstić information content (AvgIpc) is 2.80. The van der Waals surface area contributed by atoms with Gasteiger partial charge in [0.05, 0.1) is 0 Å².